The van der Waals surface area contributed by atoms with Crippen molar-refractivity contribution in [3.63, 3.8) is 0 Å². The fraction of sp³-hybridized carbons (Fsp3) is 1.00. The van der Waals surface area contributed by atoms with E-state index in [1.807, 2.05) is 0 Å². The van der Waals surface area contributed by atoms with Gasteiger partial charge in [-0.1, -0.05) is 0 Å². The van der Waals surface area contributed by atoms with E-state index in [0.717, 1.165) is 0 Å². The molecule has 0 aromatic carbocycles. The van der Waals surface area contributed by atoms with Crippen molar-refractivity contribution in [2.75, 3.05) is 0 Å². The first-order valence-corrected chi connectivity index (χ1v) is 5.45. The van der Waals surface area contributed by atoms with Crippen LogP contribution in [0.5, 0.6) is 0 Å². The van der Waals surface area contributed by atoms with Crippen molar-refractivity contribution in [2.24, 2.45) is 0 Å². The van der Waals surface area contributed by atoms with Gasteiger partial charge in [-0.25, -0.2) is 0 Å². The van der Waals surface area contributed by atoms with Gasteiger partial charge in [0.1, 0.15) is 0 Å². The van der Waals surface area contributed by atoms with Crippen LogP contribution in [0.15, 0.2) is 0 Å². The summed E-state index contributed by atoms with van der Waals surface area (Å²) in [5.74, 6) is 0. The Morgan fingerprint density at radius 2 is 0.692 bits per heavy atom. The van der Waals surface area contributed by atoms with Crippen molar-refractivity contribution >= 4 is 39.1 Å². The summed E-state index contributed by atoms with van der Waals surface area (Å²) in [6.45, 7) is 0. The van der Waals surface area contributed by atoms with Crippen LogP contribution in [0.4, 0.5) is 0 Å². The molecule has 0 heterocycles. The second-order valence-corrected chi connectivity index (χ2v) is 7.97. The molecule has 0 atom stereocenters. The van der Waals surface area contributed by atoms with Crippen molar-refractivity contribution in [1.29, 1.82) is 0 Å². The molecule has 13 heavy (non-hydrogen) atoms. The predicted octanol–water partition coefficient (Wildman–Crippen LogP) is -18.0. The second kappa shape index (κ2) is 19.1. The Bertz CT molecular complexity index is 67.0. The van der Waals surface area contributed by atoms with Crippen molar-refractivity contribution in [3.8, 4) is 0 Å². The fourth-order valence-electron chi connectivity index (χ4n) is 0.125. The third kappa shape index (κ3) is 12.9. The summed E-state index contributed by atoms with van der Waals surface area (Å²) in [4.78, 5) is 40.4. The average molecular weight is 280 g/mol. The average Bonchev–Trinajstić information content (AvgIpc) is 1.95. The van der Waals surface area contributed by atoms with Gasteiger partial charge in [-0.15, -0.1) is 43.0 Å². The van der Waals surface area contributed by atoms with E-state index in [4.69, 9.17) is 0 Å². The molecule has 0 saturated carbocycles. The van der Waals surface area contributed by atoms with Gasteiger partial charge in [-0.3, -0.25) is 0 Å². The molecule has 0 aromatic heterocycles. The molecule has 0 rings (SSSR count). The summed E-state index contributed by atoms with van der Waals surface area (Å²) in [7, 11) is -4.12. The van der Waals surface area contributed by atoms with Crippen LogP contribution in [0, 0.1) is 0 Å². The molecule has 48 valence electrons. The van der Waals surface area contributed by atoms with Crippen LogP contribution in [0.2, 0.25) is 3.91 Å². The van der Waals surface area contributed by atoms with Crippen molar-refractivity contribution in [3.05, 3.63) is 0 Å². The van der Waals surface area contributed by atoms with E-state index in [2.05, 4.69) is 0 Å². The van der Waals surface area contributed by atoms with Crippen molar-refractivity contribution in [2.45, 2.75) is 3.91 Å². The molecule has 0 saturated heterocycles. The number of hydrogen-bond donors (Lipinski definition) is 0. The first kappa shape index (κ1) is 30.6. The molecule has 0 bridgehead atoms. The van der Waals surface area contributed by atoms with Gasteiger partial charge in [0.05, 0.1) is 0 Å². The summed E-state index contributed by atoms with van der Waals surface area (Å²) >= 11 is 0. The molecule has 4 nitrogen and oxygen atoms in total. The minimum absolute atomic E-state index is 0. The van der Waals surface area contributed by atoms with Crippen LogP contribution in [-0.4, -0.2) is 39.1 Å². The van der Waals surface area contributed by atoms with Gasteiger partial charge in [0.25, 0.3) is 0 Å². The molecular weight excluding hydrogens is 280 g/mol. The second-order valence-electron chi connectivity index (χ2n) is 1.16. The third-order valence-electron chi connectivity index (χ3n) is 0.612. The predicted molar refractivity (Wildman–Crippen MR) is 25.7 cm³/mol. The van der Waals surface area contributed by atoms with Gasteiger partial charge in [0.15, 0.2) is 0 Å². The molecule has 0 N–H and O–H groups in total. The maximum absolute atomic E-state index is 10.1. The number of hydrogen-bond acceptors (Lipinski definition) is 4. The zero-order valence-corrected chi connectivity index (χ0v) is 20.1. The molecule has 0 unspecified atom stereocenters. The molecule has 0 aliphatic carbocycles. The maximum Gasteiger partial charge on any atom is 1.00 e. The summed E-state index contributed by atoms with van der Waals surface area (Å²) in [5.41, 5.74) is 0. The van der Waals surface area contributed by atoms with Gasteiger partial charge in [0, 0.05) is 0 Å². The van der Waals surface area contributed by atoms with E-state index in [9.17, 15) is 19.2 Å². The van der Waals surface area contributed by atoms with Gasteiger partial charge in [-0.2, -0.15) is 0 Å². The SMILES string of the molecule is [Na+].[Na+].[Na+].[Na+].[O-][Si]C([Si][O-])([Si][O-])[Si][O-]. The van der Waals surface area contributed by atoms with E-state index in [0.29, 0.717) is 0 Å². The zero-order chi connectivity index (χ0) is 7.33. The molecule has 8 radical (unpaired) electrons. The monoisotopic (exact) mass is 280 g/mol. The Balaban J connectivity index is -0.0000000533. The summed E-state index contributed by atoms with van der Waals surface area (Å²) in [6, 6.07) is 0. The van der Waals surface area contributed by atoms with Crippen LogP contribution in [-0.2, 0) is 0 Å². The Morgan fingerprint density at radius 3 is 0.692 bits per heavy atom. The Labute approximate surface area is 176 Å². The van der Waals surface area contributed by atoms with Crippen molar-refractivity contribution < 1.29 is 137 Å². The van der Waals surface area contributed by atoms with Crippen LogP contribution in [0.1, 0.15) is 0 Å². The van der Waals surface area contributed by atoms with Crippen LogP contribution in [0.25, 0.3) is 0 Å². The van der Waals surface area contributed by atoms with Gasteiger partial charge < -0.3 is 19.2 Å². The summed E-state index contributed by atoms with van der Waals surface area (Å²) < 4.78 is -1.44. The van der Waals surface area contributed by atoms with Crippen LogP contribution >= 0.6 is 0 Å². The van der Waals surface area contributed by atoms with E-state index >= 15 is 0 Å². The molecule has 0 fully saturated rings. The first-order valence-electron chi connectivity index (χ1n) is 1.82. The van der Waals surface area contributed by atoms with E-state index in [-0.39, 0.29) is 118 Å². The smallest absolute Gasteiger partial charge is 0.864 e. The van der Waals surface area contributed by atoms with Gasteiger partial charge in [-0.05, 0) is 0 Å². The van der Waals surface area contributed by atoms with Crippen LogP contribution in [0.3, 0.4) is 0 Å². The van der Waals surface area contributed by atoms with E-state index < -0.39 is 43.0 Å². The fourth-order valence-corrected chi connectivity index (χ4v) is 1.13. The Kier molecular flexibility index (Phi) is 44.9. The zero-order valence-electron chi connectivity index (χ0n) is 8.13. The van der Waals surface area contributed by atoms with Gasteiger partial charge >= 0.3 is 118 Å². The largest absolute Gasteiger partial charge is 1.00 e. The molecule has 0 aliphatic heterocycles. The Morgan fingerprint density at radius 1 is 0.538 bits per heavy atom. The minimum Gasteiger partial charge on any atom is -0.864 e. The third-order valence-corrected chi connectivity index (χ3v) is 5.51. The molecule has 0 spiro atoms. The van der Waals surface area contributed by atoms with Gasteiger partial charge in [0.2, 0.25) is 0 Å². The van der Waals surface area contributed by atoms with E-state index in [1.54, 1.807) is 0 Å². The molecule has 12 heteroatoms. The summed E-state index contributed by atoms with van der Waals surface area (Å²) in [5, 5.41) is 0. The van der Waals surface area contributed by atoms with Crippen molar-refractivity contribution in [1.82, 2.24) is 0 Å². The minimum atomic E-state index is -1.44. The normalized spacial score (nSPS) is 8.31. The maximum atomic E-state index is 10.1. The standard InChI is InChI=1S/CO4Si4.4Na/c2-6-1(7-3,8-4)9-5;;;;/q-4;4*+1. The molecule has 0 aromatic rings. The topological polar surface area (TPSA) is 92.2 Å². The summed E-state index contributed by atoms with van der Waals surface area (Å²) in [6.07, 6.45) is 0. The first-order chi connectivity index (χ1) is 4.24. The molecule has 0 amide bonds. The van der Waals surface area contributed by atoms with E-state index in [1.165, 1.54) is 0 Å². The van der Waals surface area contributed by atoms with Crippen LogP contribution < -0.4 is 137 Å². The number of rotatable bonds is 4. The molecule has 0 aliphatic rings. The Hall–Kier alpha value is 4.71. The molecular formula is CNa4O4Si4. The quantitative estimate of drug-likeness (QED) is 0.478.